The van der Waals surface area contributed by atoms with Gasteiger partial charge in [-0.15, -0.1) is 0 Å². The standard InChI is InChI=1S/C28H16Br2/c29-27-19-11-5-6-12-20(19)28(30)24-14-22-21(13-23(24)27)25-15-7-1-2-8-16(15)26(22)18-10-4-3-9-17(18)25/h1-14,25-26H. The minimum atomic E-state index is 0.305. The minimum absolute atomic E-state index is 0.305. The van der Waals surface area contributed by atoms with Crippen molar-refractivity contribution in [3.63, 3.8) is 0 Å². The number of hydrogen-bond acceptors (Lipinski definition) is 0. The summed E-state index contributed by atoms with van der Waals surface area (Å²) in [5.41, 5.74) is 8.75. The van der Waals surface area contributed by atoms with Gasteiger partial charge in [0.15, 0.2) is 0 Å². The zero-order valence-electron chi connectivity index (χ0n) is 16.0. The van der Waals surface area contributed by atoms with Crippen LogP contribution in [0.5, 0.6) is 0 Å². The van der Waals surface area contributed by atoms with E-state index in [9.17, 15) is 0 Å². The lowest BCUT2D eigenvalue weighted by molar-refractivity contribution is 0.756. The van der Waals surface area contributed by atoms with Gasteiger partial charge in [-0.1, -0.05) is 72.8 Å². The van der Waals surface area contributed by atoms with E-state index < -0.39 is 0 Å². The molecule has 3 aliphatic carbocycles. The van der Waals surface area contributed by atoms with E-state index in [-0.39, 0.29) is 0 Å². The second-order valence-corrected chi connectivity index (χ2v) is 9.91. The predicted octanol–water partition coefficient (Wildman–Crippen LogP) is 8.51. The molecule has 3 aliphatic rings. The Morgan fingerprint density at radius 2 is 0.733 bits per heavy atom. The summed E-state index contributed by atoms with van der Waals surface area (Å²) >= 11 is 7.88. The van der Waals surface area contributed by atoms with Crippen molar-refractivity contribution in [3.05, 3.63) is 127 Å². The van der Waals surface area contributed by atoms with Gasteiger partial charge >= 0.3 is 0 Å². The molecule has 0 spiro atoms. The summed E-state index contributed by atoms with van der Waals surface area (Å²) in [6.45, 7) is 0. The summed E-state index contributed by atoms with van der Waals surface area (Å²) in [6, 6.07) is 31.5. The molecule has 2 heteroatoms. The summed E-state index contributed by atoms with van der Waals surface area (Å²) in [4.78, 5) is 0. The van der Waals surface area contributed by atoms with E-state index in [4.69, 9.17) is 0 Å². The zero-order chi connectivity index (χ0) is 20.0. The third-order valence-electron chi connectivity index (χ3n) is 6.95. The molecule has 0 N–H and O–H groups in total. The van der Waals surface area contributed by atoms with E-state index in [1.807, 2.05) is 0 Å². The summed E-state index contributed by atoms with van der Waals surface area (Å²) in [5, 5.41) is 5.06. The van der Waals surface area contributed by atoms with Crippen LogP contribution < -0.4 is 0 Å². The van der Waals surface area contributed by atoms with E-state index in [1.165, 1.54) is 63.9 Å². The van der Waals surface area contributed by atoms with Gasteiger partial charge < -0.3 is 0 Å². The average molecular weight is 512 g/mol. The second-order valence-electron chi connectivity index (χ2n) is 8.32. The Hall–Kier alpha value is -2.42. The van der Waals surface area contributed by atoms with E-state index in [1.54, 1.807) is 0 Å². The molecule has 0 aromatic heterocycles. The molecule has 0 amide bonds. The third-order valence-corrected chi connectivity index (χ3v) is 8.66. The van der Waals surface area contributed by atoms with E-state index in [0.29, 0.717) is 11.8 Å². The molecule has 0 nitrogen and oxygen atoms in total. The number of halogens is 2. The first-order valence-electron chi connectivity index (χ1n) is 10.2. The lowest BCUT2D eigenvalue weighted by Crippen LogP contribution is -2.27. The van der Waals surface area contributed by atoms with Crippen molar-refractivity contribution in [1.82, 2.24) is 0 Å². The van der Waals surface area contributed by atoms with Crippen LogP contribution in [0.1, 0.15) is 45.2 Å². The number of benzene rings is 5. The van der Waals surface area contributed by atoms with Gasteiger partial charge in [-0.2, -0.15) is 0 Å². The van der Waals surface area contributed by atoms with Crippen molar-refractivity contribution in [2.45, 2.75) is 11.8 Å². The average Bonchev–Trinajstić information content (AvgIpc) is 2.81. The topological polar surface area (TPSA) is 0 Å². The Morgan fingerprint density at radius 3 is 1.10 bits per heavy atom. The molecule has 30 heavy (non-hydrogen) atoms. The van der Waals surface area contributed by atoms with E-state index in [0.717, 1.165) is 0 Å². The van der Waals surface area contributed by atoms with Gasteiger partial charge in [0.2, 0.25) is 0 Å². The molecule has 0 aliphatic heterocycles. The summed E-state index contributed by atoms with van der Waals surface area (Å²) < 4.78 is 2.37. The monoisotopic (exact) mass is 510 g/mol. The van der Waals surface area contributed by atoms with Crippen molar-refractivity contribution in [3.8, 4) is 0 Å². The van der Waals surface area contributed by atoms with Gasteiger partial charge in [-0.25, -0.2) is 0 Å². The van der Waals surface area contributed by atoms with Crippen LogP contribution in [-0.4, -0.2) is 0 Å². The first-order chi connectivity index (χ1) is 14.7. The molecule has 142 valence electrons. The molecule has 0 radical (unpaired) electrons. The fourth-order valence-electron chi connectivity index (χ4n) is 5.73. The molecule has 2 bridgehead atoms. The highest BCUT2D eigenvalue weighted by Gasteiger charge is 2.41. The number of rotatable bonds is 0. The van der Waals surface area contributed by atoms with Crippen LogP contribution in [0.4, 0.5) is 0 Å². The van der Waals surface area contributed by atoms with Gasteiger partial charge in [0.1, 0.15) is 0 Å². The Kier molecular flexibility index (Phi) is 3.49. The Balaban J connectivity index is 1.64. The van der Waals surface area contributed by atoms with Crippen molar-refractivity contribution in [1.29, 1.82) is 0 Å². The molecule has 0 saturated heterocycles. The first-order valence-corrected chi connectivity index (χ1v) is 11.8. The van der Waals surface area contributed by atoms with Crippen LogP contribution in [0.3, 0.4) is 0 Å². The number of fused-ring (bicyclic) bond motifs is 2. The van der Waals surface area contributed by atoms with Crippen molar-refractivity contribution < 1.29 is 0 Å². The highest BCUT2D eigenvalue weighted by Crippen LogP contribution is 2.57. The van der Waals surface area contributed by atoms with Crippen LogP contribution in [-0.2, 0) is 0 Å². The molecule has 8 rings (SSSR count). The van der Waals surface area contributed by atoms with Gasteiger partial charge in [-0.05, 0) is 98.9 Å². The van der Waals surface area contributed by atoms with Crippen LogP contribution in [0, 0.1) is 0 Å². The SMILES string of the molecule is Brc1c2ccccc2c(Br)c2cc3c(cc12)C1c2ccccc2C3c2ccccc21. The Labute approximate surface area is 191 Å². The molecule has 5 aromatic rings. The fraction of sp³-hybridized carbons (Fsp3) is 0.0714. The maximum Gasteiger partial charge on any atom is 0.0349 e. The molecular formula is C28H16Br2. The van der Waals surface area contributed by atoms with Gasteiger partial charge in [0, 0.05) is 20.8 Å². The Morgan fingerprint density at radius 1 is 0.400 bits per heavy atom. The van der Waals surface area contributed by atoms with Crippen molar-refractivity contribution in [2.24, 2.45) is 0 Å². The van der Waals surface area contributed by atoms with E-state index in [2.05, 4.69) is 117 Å². The smallest absolute Gasteiger partial charge is 0.0349 e. The third kappa shape index (κ3) is 2.06. The van der Waals surface area contributed by atoms with Crippen molar-refractivity contribution in [2.75, 3.05) is 0 Å². The first kappa shape index (κ1) is 17.3. The summed E-state index contributed by atoms with van der Waals surface area (Å²) in [6.07, 6.45) is 0. The maximum absolute atomic E-state index is 3.94. The summed E-state index contributed by atoms with van der Waals surface area (Å²) in [7, 11) is 0. The number of hydrogen-bond donors (Lipinski definition) is 0. The largest absolute Gasteiger partial charge is 0.0619 e. The lowest BCUT2D eigenvalue weighted by Gasteiger charge is -2.42. The minimum Gasteiger partial charge on any atom is -0.0619 e. The highest BCUT2D eigenvalue weighted by atomic mass is 79.9. The molecular weight excluding hydrogens is 496 g/mol. The molecule has 0 fully saturated rings. The summed E-state index contributed by atoms with van der Waals surface area (Å²) in [5.74, 6) is 0.609. The molecule has 0 atom stereocenters. The quantitative estimate of drug-likeness (QED) is 0.179. The fourth-order valence-corrected chi connectivity index (χ4v) is 7.08. The molecule has 0 saturated carbocycles. The normalized spacial score (nSPS) is 18.3. The second kappa shape index (κ2) is 6.06. The van der Waals surface area contributed by atoms with Crippen LogP contribution in [0.25, 0.3) is 21.5 Å². The van der Waals surface area contributed by atoms with Crippen LogP contribution in [0.2, 0.25) is 0 Å². The van der Waals surface area contributed by atoms with E-state index >= 15 is 0 Å². The maximum atomic E-state index is 3.94. The predicted molar refractivity (Wildman–Crippen MR) is 132 cm³/mol. The van der Waals surface area contributed by atoms with Crippen LogP contribution in [0.15, 0.2) is 93.9 Å². The zero-order valence-corrected chi connectivity index (χ0v) is 19.2. The van der Waals surface area contributed by atoms with Gasteiger partial charge in [0.25, 0.3) is 0 Å². The Bertz CT molecular complexity index is 1370. The highest BCUT2D eigenvalue weighted by molar-refractivity contribution is 9.11. The molecule has 0 unspecified atom stereocenters. The van der Waals surface area contributed by atoms with Gasteiger partial charge in [0.05, 0.1) is 0 Å². The molecule has 5 aromatic carbocycles. The van der Waals surface area contributed by atoms with Crippen molar-refractivity contribution >= 4 is 53.4 Å². The van der Waals surface area contributed by atoms with Crippen LogP contribution >= 0.6 is 31.9 Å². The van der Waals surface area contributed by atoms with Gasteiger partial charge in [-0.3, -0.25) is 0 Å². The lowest BCUT2D eigenvalue weighted by atomic mass is 9.61. The molecule has 0 heterocycles.